The summed E-state index contributed by atoms with van der Waals surface area (Å²) in [5, 5.41) is 19.2. The number of morpholine rings is 1. The van der Waals surface area contributed by atoms with Crippen LogP contribution in [0.5, 0.6) is 0 Å². The Morgan fingerprint density at radius 1 is 1.59 bits per heavy atom. The summed E-state index contributed by atoms with van der Waals surface area (Å²) in [6.45, 7) is 1.35. The largest absolute Gasteiger partial charge is 0.360 e. The molecule has 1 aliphatic rings. The van der Waals surface area contributed by atoms with E-state index in [9.17, 15) is 10.1 Å². The first-order valence-electron chi connectivity index (χ1n) is 4.93. The molecule has 0 spiro atoms. The maximum Gasteiger partial charge on any atom is 0.305 e. The van der Waals surface area contributed by atoms with Gasteiger partial charge < -0.3 is 9.64 Å². The zero-order valence-electron chi connectivity index (χ0n) is 8.81. The molecule has 0 aliphatic carbocycles. The van der Waals surface area contributed by atoms with Gasteiger partial charge in [0.15, 0.2) is 6.10 Å². The third-order valence-electron chi connectivity index (χ3n) is 2.33. The highest BCUT2D eigenvalue weighted by atomic mass is 16.6. The molecule has 2 heterocycles. The number of nitro groups is 1. The Kier molecular flexibility index (Phi) is 3.11. The lowest BCUT2D eigenvalue weighted by atomic mass is 10.3. The quantitative estimate of drug-likeness (QED) is 0.529. The summed E-state index contributed by atoms with van der Waals surface area (Å²) in [6, 6.07) is 2.01. The van der Waals surface area contributed by atoms with E-state index in [1.165, 1.54) is 0 Å². The number of ether oxygens (including phenoxy) is 1. The molecule has 0 N–H and O–H groups in total. The van der Waals surface area contributed by atoms with Crippen molar-refractivity contribution in [3.05, 3.63) is 22.5 Å². The zero-order chi connectivity index (χ0) is 12.3. The minimum atomic E-state index is -0.554. The van der Waals surface area contributed by atoms with E-state index in [0.717, 1.165) is 12.4 Å². The Labute approximate surface area is 96.6 Å². The van der Waals surface area contributed by atoms with Gasteiger partial charge in [-0.05, 0) is 0 Å². The highest BCUT2D eigenvalue weighted by Crippen LogP contribution is 2.14. The van der Waals surface area contributed by atoms with Crippen LogP contribution in [-0.4, -0.2) is 40.7 Å². The lowest BCUT2D eigenvalue weighted by molar-refractivity contribution is -0.385. The Morgan fingerprint density at radius 2 is 2.29 bits per heavy atom. The Bertz CT molecular complexity index is 455. The van der Waals surface area contributed by atoms with E-state index in [1.54, 1.807) is 4.90 Å². The first kappa shape index (κ1) is 11.2. The van der Waals surface area contributed by atoms with Crippen molar-refractivity contribution in [1.82, 2.24) is 9.97 Å². The Hall–Kier alpha value is -2.27. The molecule has 1 unspecified atom stereocenters. The zero-order valence-corrected chi connectivity index (χ0v) is 8.81. The van der Waals surface area contributed by atoms with E-state index in [1.807, 2.05) is 6.07 Å². The summed E-state index contributed by atoms with van der Waals surface area (Å²) in [4.78, 5) is 19.4. The van der Waals surface area contributed by atoms with Crippen molar-refractivity contribution in [3.8, 4) is 6.07 Å². The molecule has 1 aliphatic heterocycles. The fourth-order valence-electron chi connectivity index (χ4n) is 1.48. The maximum absolute atomic E-state index is 10.4. The first-order valence-corrected chi connectivity index (χ1v) is 4.93. The van der Waals surface area contributed by atoms with Gasteiger partial charge in [-0.3, -0.25) is 10.1 Å². The van der Waals surface area contributed by atoms with Crippen LogP contribution >= 0.6 is 0 Å². The SMILES string of the molecule is N#CC1CN(c2ncc([N+](=O)[O-])cn2)CCO1. The number of aromatic nitrogens is 2. The molecule has 2 rings (SSSR count). The third-order valence-corrected chi connectivity index (χ3v) is 2.33. The van der Waals surface area contributed by atoms with Gasteiger partial charge >= 0.3 is 5.69 Å². The lowest BCUT2D eigenvalue weighted by Crippen LogP contribution is -2.42. The molecule has 1 aromatic rings. The van der Waals surface area contributed by atoms with Gasteiger partial charge in [-0.15, -0.1) is 0 Å². The van der Waals surface area contributed by atoms with Crippen molar-refractivity contribution >= 4 is 11.6 Å². The van der Waals surface area contributed by atoms with E-state index >= 15 is 0 Å². The molecule has 0 saturated carbocycles. The highest BCUT2D eigenvalue weighted by Gasteiger charge is 2.22. The molecule has 8 nitrogen and oxygen atoms in total. The average molecular weight is 235 g/mol. The molecule has 1 saturated heterocycles. The van der Waals surface area contributed by atoms with Crippen LogP contribution in [0.1, 0.15) is 0 Å². The van der Waals surface area contributed by atoms with Crippen LogP contribution in [0.2, 0.25) is 0 Å². The molecule has 1 fully saturated rings. The number of hydrogen-bond acceptors (Lipinski definition) is 7. The van der Waals surface area contributed by atoms with Gasteiger partial charge in [-0.1, -0.05) is 0 Å². The number of rotatable bonds is 2. The second kappa shape index (κ2) is 4.71. The summed E-state index contributed by atoms with van der Waals surface area (Å²) < 4.78 is 5.17. The van der Waals surface area contributed by atoms with Crippen LogP contribution in [-0.2, 0) is 4.74 Å². The van der Waals surface area contributed by atoms with E-state index < -0.39 is 11.0 Å². The van der Waals surface area contributed by atoms with Crippen LogP contribution in [0.3, 0.4) is 0 Å². The van der Waals surface area contributed by atoms with Crippen molar-refractivity contribution in [1.29, 1.82) is 5.26 Å². The molecule has 0 bridgehead atoms. The molecule has 1 aromatic heterocycles. The summed E-state index contributed by atoms with van der Waals surface area (Å²) in [7, 11) is 0. The predicted molar refractivity (Wildman–Crippen MR) is 56.3 cm³/mol. The van der Waals surface area contributed by atoms with Crippen LogP contribution in [0, 0.1) is 21.4 Å². The van der Waals surface area contributed by atoms with Gasteiger partial charge in [0.05, 0.1) is 24.1 Å². The van der Waals surface area contributed by atoms with Crippen molar-refractivity contribution < 1.29 is 9.66 Å². The maximum atomic E-state index is 10.4. The van der Waals surface area contributed by atoms with Crippen molar-refractivity contribution in [2.45, 2.75) is 6.10 Å². The second-order valence-electron chi connectivity index (χ2n) is 3.43. The number of hydrogen-bond donors (Lipinski definition) is 0. The molecular weight excluding hydrogens is 226 g/mol. The summed E-state index contributed by atoms with van der Waals surface area (Å²) >= 11 is 0. The molecule has 0 radical (unpaired) electrons. The van der Waals surface area contributed by atoms with Crippen LogP contribution in [0.25, 0.3) is 0 Å². The topological polar surface area (TPSA) is 105 Å². The monoisotopic (exact) mass is 235 g/mol. The number of nitrogens with zero attached hydrogens (tertiary/aromatic N) is 5. The molecular formula is C9H9N5O3. The Balaban J connectivity index is 2.12. The summed E-state index contributed by atoms with van der Waals surface area (Å²) in [5.74, 6) is 0.374. The van der Waals surface area contributed by atoms with Crippen molar-refractivity contribution in [2.24, 2.45) is 0 Å². The van der Waals surface area contributed by atoms with Gasteiger partial charge in [0, 0.05) is 6.54 Å². The smallest absolute Gasteiger partial charge is 0.305 e. The van der Waals surface area contributed by atoms with E-state index in [2.05, 4.69) is 9.97 Å². The molecule has 0 amide bonds. The number of anilines is 1. The van der Waals surface area contributed by atoms with Gasteiger partial charge in [-0.25, -0.2) is 9.97 Å². The normalized spacial score (nSPS) is 19.7. The van der Waals surface area contributed by atoms with Crippen LogP contribution in [0.15, 0.2) is 12.4 Å². The van der Waals surface area contributed by atoms with Crippen molar-refractivity contribution in [2.75, 3.05) is 24.6 Å². The number of nitriles is 1. The van der Waals surface area contributed by atoms with E-state index in [0.29, 0.717) is 25.6 Å². The standard InChI is InChI=1S/C9H9N5O3/c10-3-8-6-13(1-2-17-8)9-11-4-7(5-12-9)14(15)16/h4-5,8H,1-2,6H2. The van der Waals surface area contributed by atoms with E-state index in [-0.39, 0.29) is 5.69 Å². The molecule has 1 atom stereocenters. The summed E-state index contributed by atoms with van der Waals surface area (Å²) in [6.07, 6.45) is 1.79. The van der Waals surface area contributed by atoms with Crippen molar-refractivity contribution in [3.63, 3.8) is 0 Å². The van der Waals surface area contributed by atoms with Gasteiger partial charge in [-0.2, -0.15) is 5.26 Å². The highest BCUT2D eigenvalue weighted by molar-refractivity contribution is 5.34. The van der Waals surface area contributed by atoms with Gasteiger partial charge in [0.25, 0.3) is 0 Å². The van der Waals surface area contributed by atoms with Crippen LogP contribution < -0.4 is 4.90 Å². The molecule has 8 heteroatoms. The first-order chi connectivity index (χ1) is 8.20. The second-order valence-corrected chi connectivity index (χ2v) is 3.43. The van der Waals surface area contributed by atoms with E-state index in [4.69, 9.17) is 10.00 Å². The fraction of sp³-hybridized carbons (Fsp3) is 0.444. The average Bonchev–Trinajstić information content (AvgIpc) is 2.39. The lowest BCUT2D eigenvalue weighted by Gasteiger charge is -2.29. The minimum absolute atomic E-state index is 0.154. The van der Waals surface area contributed by atoms with Gasteiger partial charge in [0.1, 0.15) is 12.4 Å². The summed E-state index contributed by atoms with van der Waals surface area (Å²) in [5.41, 5.74) is -0.154. The predicted octanol–water partition coefficient (Wildman–Crippen LogP) is 0.114. The molecule has 17 heavy (non-hydrogen) atoms. The molecule has 88 valence electrons. The Morgan fingerprint density at radius 3 is 2.88 bits per heavy atom. The van der Waals surface area contributed by atoms with Gasteiger partial charge in [0.2, 0.25) is 5.95 Å². The molecule has 0 aromatic carbocycles. The van der Waals surface area contributed by atoms with Crippen LogP contribution in [0.4, 0.5) is 11.6 Å². The third kappa shape index (κ3) is 2.46. The minimum Gasteiger partial charge on any atom is -0.360 e. The fourth-order valence-corrected chi connectivity index (χ4v) is 1.48.